The molecule has 1 saturated heterocycles. The molecule has 1 aromatic carbocycles. The minimum atomic E-state index is -0.0809. The number of benzene rings is 1. The lowest BCUT2D eigenvalue weighted by Gasteiger charge is -2.41. The van der Waals surface area contributed by atoms with E-state index in [0.29, 0.717) is 12.3 Å². The number of hydrogen-bond acceptors (Lipinski definition) is 3. The summed E-state index contributed by atoms with van der Waals surface area (Å²) in [4.78, 5) is 20.3. The van der Waals surface area contributed by atoms with Gasteiger partial charge in [0.15, 0.2) is 0 Å². The Kier molecular flexibility index (Phi) is 6.76. The summed E-state index contributed by atoms with van der Waals surface area (Å²) in [6, 6.07) is 15.0. The van der Waals surface area contributed by atoms with Crippen molar-refractivity contribution in [1.29, 1.82) is 0 Å². The third-order valence-corrected chi connectivity index (χ3v) is 6.75. The lowest BCUT2D eigenvalue weighted by Crippen LogP contribution is -2.54. The summed E-state index contributed by atoms with van der Waals surface area (Å²) in [5.41, 5.74) is 6.01. The fourth-order valence-electron chi connectivity index (χ4n) is 5.86. The van der Waals surface area contributed by atoms with Crippen molar-refractivity contribution in [2.24, 2.45) is 0 Å². The molecule has 0 aliphatic carbocycles. The molecule has 4 nitrogen and oxygen atoms in total. The van der Waals surface area contributed by atoms with E-state index in [1.165, 1.54) is 16.7 Å². The maximum absolute atomic E-state index is 13.3. The second-order valence-corrected chi connectivity index (χ2v) is 11.3. The second-order valence-electron chi connectivity index (χ2n) is 11.3. The zero-order chi connectivity index (χ0) is 23.6. The van der Waals surface area contributed by atoms with Gasteiger partial charge in [0, 0.05) is 47.9 Å². The average Bonchev–Trinajstić information content (AvgIpc) is 2.72. The highest BCUT2D eigenvalue weighted by molar-refractivity contribution is 5.79. The van der Waals surface area contributed by atoms with Crippen LogP contribution in [0.5, 0.6) is 0 Å². The highest BCUT2D eigenvalue weighted by Gasteiger charge is 2.34. The lowest BCUT2D eigenvalue weighted by atomic mass is 9.82. The number of nitrogens with zero attached hydrogens (tertiary/aromatic N) is 2. The van der Waals surface area contributed by atoms with E-state index in [1.54, 1.807) is 0 Å². The summed E-state index contributed by atoms with van der Waals surface area (Å²) in [6.45, 7) is 12.5. The third-order valence-electron chi connectivity index (χ3n) is 6.75. The van der Waals surface area contributed by atoms with Crippen molar-refractivity contribution in [3.05, 3.63) is 76.6 Å². The van der Waals surface area contributed by atoms with E-state index in [1.807, 2.05) is 0 Å². The Morgan fingerprint density at radius 2 is 1.88 bits per heavy atom. The van der Waals surface area contributed by atoms with Gasteiger partial charge in [0.25, 0.3) is 0 Å². The smallest absolute Gasteiger partial charge is 0.226 e. The first kappa shape index (κ1) is 23.7. The molecule has 0 spiro atoms. The molecule has 0 radical (unpaired) electrons. The van der Waals surface area contributed by atoms with Crippen LogP contribution in [0, 0.1) is 6.92 Å². The molecule has 0 bridgehead atoms. The number of carbonyl (C=O) groups is 1. The predicted molar refractivity (Wildman–Crippen MR) is 135 cm³/mol. The van der Waals surface area contributed by atoms with E-state index < -0.39 is 0 Å². The van der Waals surface area contributed by atoms with Gasteiger partial charge >= 0.3 is 0 Å². The molecular formula is C29H39N3O. The van der Waals surface area contributed by atoms with Crippen LogP contribution in [-0.4, -0.2) is 40.0 Å². The fraction of sp³-hybridized carbons (Fsp3) is 0.517. The average molecular weight is 446 g/mol. The topological polar surface area (TPSA) is 45.2 Å². The van der Waals surface area contributed by atoms with E-state index in [0.717, 1.165) is 50.2 Å². The summed E-state index contributed by atoms with van der Waals surface area (Å²) in [5, 5.41) is 3.66. The van der Waals surface area contributed by atoms with Crippen molar-refractivity contribution in [1.82, 2.24) is 15.2 Å². The van der Waals surface area contributed by atoms with Crippen molar-refractivity contribution in [2.45, 2.75) is 83.7 Å². The maximum Gasteiger partial charge on any atom is 0.226 e. The highest BCUT2D eigenvalue weighted by Crippen LogP contribution is 2.32. The quantitative estimate of drug-likeness (QED) is 0.614. The first-order valence-electron chi connectivity index (χ1n) is 12.4. The Morgan fingerprint density at radius 1 is 1.12 bits per heavy atom. The van der Waals surface area contributed by atoms with Gasteiger partial charge in [-0.05, 0) is 83.6 Å². The molecule has 0 saturated carbocycles. The molecule has 1 amide bonds. The largest absolute Gasteiger partial charge is 0.342 e. The Morgan fingerprint density at radius 3 is 2.61 bits per heavy atom. The van der Waals surface area contributed by atoms with Crippen LogP contribution in [0.2, 0.25) is 0 Å². The molecule has 176 valence electrons. The Hall–Kier alpha value is -2.46. The SMILES string of the molecule is Cc1cc(Cc2ccccc2)cc([C@H]2CCCN(C(=O)CC3=CC(C)(C)NC(C)(C)C3)C2)n1. The molecule has 2 aliphatic heterocycles. The number of piperidine rings is 1. The minimum Gasteiger partial charge on any atom is -0.342 e. The van der Waals surface area contributed by atoms with Gasteiger partial charge in [0.1, 0.15) is 0 Å². The normalized spacial score (nSPS) is 22.0. The lowest BCUT2D eigenvalue weighted by molar-refractivity contribution is -0.131. The summed E-state index contributed by atoms with van der Waals surface area (Å²) in [5.74, 6) is 0.573. The van der Waals surface area contributed by atoms with Gasteiger partial charge < -0.3 is 10.2 Å². The molecule has 1 N–H and O–H groups in total. The number of nitrogens with one attached hydrogen (secondary N) is 1. The van der Waals surface area contributed by atoms with Crippen molar-refractivity contribution in [3.63, 3.8) is 0 Å². The second kappa shape index (κ2) is 9.42. The monoisotopic (exact) mass is 445 g/mol. The Bertz CT molecular complexity index is 1020. The molecule has 1 fully saturated rings. The van der Waals surface area contributed by atoms with Crippen LogP contribution in [0.4, 0.5) is 0 Å². The van der Waals surface area contributed by atoms with Crippen LogP contribution < -0.4 is 5.32 Å². The van der Waals surface area contributed by atoms with Crippen LogP contribution in [0.1, 0.15) is 81.8 Å². The number of rotatable bonds is 5. The molecule has 3 heterocycles. The van der Waals surface area contributed by atoms with Crippen LogP contribution in [-0.2, 0) is 11.2 Å². The number of hydrogen-bond donors (Lipinski definition) is 1. The first-order valence-corrected chi connectivity index (χ1v) is 12.4. The van der Waals surface area contributed by atoms with E-state index in [9.17, 15) is 4.79 Å². The molecular weight excluding hydrogens is 406 g/mol. The summed E-state index contributed by atoms with van der Waals surface area (Å²) < 4.78 is 0. The maximum atomic E-state index is 13.3. The molecule has 4 heteroatoms. The van der Waals surface area contributed by atoms with Gasteiger partial charge in [-0.3, -0.25) is 9.78 Å². The summed E-state index contributed by atoms with van der Waals surface area (Å²) in [7, 11) is 0. The number of likely N-dealkylation sites (tertiary alicyclic amines) is 1. The number of carbonyl (C=O) groups excluding carboxylic acids is 1. The van der Waals surface area contributed by atoms with Crippen LogP contribution in [0.15, 0.2) is 54.1 Å². The van der Waals surface area contributed by atoms with Gasteiger partial charge in [-0.2, -0.15) is 0 Å². The van der Waals surface area contributed by atoms with Gasteiger partial charge in [0.05, 0.1) is 0 Å². The zero-order valence-electron chi connectivity index (χ0n) is 20.9. The number of pyridine rings is 1. The molecule has 1 atom stereocenters. The molecule has 33 heavy (non-hydrogen) atoms. The first-order chi connectivity index (χ1) is 15.6. The van der Waals surface area contributed by atoms with Crippen LogP contribution >= 0.6 is 0 Å². The van der Waals surface area contributed by atoms with E-state index in [2.05, 4.69) is 93.4 Å². The van der Waals surface area contributed by atoms with Crippen molar-refractivity contribution in [3.8, 4) is 0 Å². The molecule has 2 aliphatic rings. The molecule has 2 aromatic rings. The van der Waals surface area contributed by atoms with Gasteiger partial charge in [-0.1, -0.05) is 42.0 Å². The zero-order valence-corrected chi connectivity index (χ0v) is 20.9. The Balaban J connectivity index is 1.45. The molecule has 0 unspecified atom stereocenters. The van der Waals surface area contributed by atoms with Crippen LogP contribution in [0.3, 0.4) is 0 Å². The van der Waals surface area contributed by atoms with Gasteiger partial charge in [-0.15, -0.1) is 0 Å². The standard InChI is InChI=1S/C29H39N3O/c1-21-14-23(15-22-10-7-6-8-11-22)16-26(30-21)25-12-9-13-32(20-25)27(33)17-24-18-28(2,3)31-29(4,5)19-24/h6-8,10-11,14,16,18,25,31H,9,12-13,15,17,19-20H2,1-5H3/t25-/m0/s1. The highest BCUT2D eigenvalue weighted by atomic mass is 16.2. The number of aryl methyl sites for hydroxylation is 1. The van der Waals surface area contributed by atoms with Crippen LogP contribution in [0.25, 0.3) is 0 Å². The summed E-state index contributed by atoms with van der Waals surface area (Å²) >= 11 is 0. The van der Waals surface area contributed by atoms with E-state index in [-0.39, 0.29) is 17.0 Å². The summed E-state index contributed by atoms with van der Waals surface area (Å²) in [6.07, 6.45) is 6.76. The molecule has 1 aromatic heterocycles. The van der Waals surface area contributed by atoms with E-state index >= 15 is 0 Å². The predicted octanol–water partition coefficient (Wildman–Crippen LogP) is 5.55. The van der Waals surface area contributed by atoms with Gasteiger partial charge in [0.2, 0.25) is 5.91 Å². The van der Waals surface area contributed by atoms with Crippen molar-refractivity contribution < 1.29 is 4.79 Å². The van der Waals surface area contributed by atoms with Gasteiger partial charge in [-0.25, -0.2) is 0 Å². The Labute approximate surface area is 199 Å². The third kappa shape index (κ3) is 6.32. The van der Waals surface area contributed by atoms with Crippen molar-refractivity contribution in [2.75, 3.05) is 13.1 Å². The van der Waals surface area contributed by atoms with E-state index in [4.69, 9.17) is 4.98 Å². The molecule has 4 rings (SSSR count). The minimum absolute atomic E-state index is 0.0128. The van der Waals surface area contributed by atoms with Crippen molar-refractivity contribution >= 4 is 5.91 Å². The fourth-order valence-corrected chi connectivity index (χ4v) is 5.86. The number of amides is 1. The number of aromatic nitrogens is 1.